The van der Waals surface area contributed by atoms with Crippen LogP contribution in [-0.2, 0) is 6.18 Å². The number of likely N-dealkylation sites (N-methyl/N-ethyl adjacent to an activating group) is 1. The number of alkyl halides is 3. The van der Waals surface area contributed by atoms with Crippen LogP contribution >= 0.6 is 11.6 Å². The maximum Gasteiger partial charge on any atom is 0.416 e. The summed E-state index contributed by atoms with van der Waals surface area (Å²) in [6, 6.07) is 4.64. The Hall–Kier alpha value is -2.10. The van der Waals surface area contributed by atoms with Crippen LogP contribution in [0.1, 0.15) is 12.5 Å². The van der Waals surface area contributed by atoms with Gasteiger partial charge in [0.05, 0.1) is 23.1 Å². The second kappa shape index (κ2) is 8.73. The van der Waals surface area contributed by atoms with Gasteiger partial charge in [-0.05, 0) is 32.2 Å². The van der Waals surface area contributed by atoms with Crippen molar-refractivity contribution in [1.29, 1.82) is 0 Å². The van der Waals surface area contributed by atoms with Gasteiger partial charge in [-0.25, -0.2) is 0 Å². The summed E-state index contributed by atoms with van der Waals surface area (Å²) >= 11 is 6.19. The molecule has 0 bridgehead atoms. The van der Waals surface area contributed by atoms with Gasteiger partial charge in [0, 0.05) is 38.8 Å². The largest absolute Gasteiger partial charge is 0.416 e. The van der Waals surface area contributed by atoms with Crippen LogP contribution in [0.25, 0.3) is 5.69 Å². The van der Waals surface area contributed by atoms with Crippen molar-refractivity contribution < 1.29 is 13.2 Å². The lowest BCUT2D eigenvalue weighted by Crippen LogP contribution is -2.49. The third-order valence-corrected chi connectivity index (χ3v) is 5.45. The number of halogens is 4. The molecule has 0 saturated carbocycles. The second-order valence-electron chi connectivity index (χ2n) is 7.21. The van der Waals surface area contributed by atoms with Crippen molar-refractivity contribution in [2.24, 2.45) is 0 Å². The van der Waals surface area contributed by atoms with E-state index in [0.717, 1.165) is 43.0 Å². The molecule has 6 nitrogen and oxygen atoms in total. The van der Waals surface area contributed by atoms with Gasteiger partial charge in [0.25, 0.3) is 5.56 Å². The Balaban J connectivity index is 1.74. The lowest BCUT2D eigenvalue weighted by molar-refractivity contribution is -0.137. The first-order chi connectivity index (χ1) is 13.7. The van der Waals surface area contributed by atoms with Crippen LogP contribution < -0.4 is 10.9 Å². The van der Waals surface area contributed by atoms with Gasteiger partial charge in [0.15, 0.2) is 0 Å². The van der Waals surface area contributed by atoms with Gasteiger partial charge in [-0.3, -0.25) is 9.69 Å². The zero-order chi connectivity index (χ0) is 21.2. The van der Waals surface area contributed by atoms with Crippen molar-refractivity contribution in [2.75, 3.05) is 45.1 Å². The second-order valence-corrected chi connectivity index (χ2v) is 7.58. The molecule has 2 heterocycles. The maximum atomic E-state index is 12.9. The Morgan fingerprint density at radius 1 is 1.24 bits per heavy atom. The van der Waals surface area contributed by atoms with E-state index in [4.69, 9.17) is 11.6 Å². The summed E-state index contributed by atoms with van der Waals surface area (Å²) in [5.41, 5.74) is -1.17. The average molecular weight is 430 g/mol. The summed E-state index contributed by atoms with van der Waals surface area (Å²) in [5, 5.41) is 7.03. The van der Waals surface area contributed by atoms with Crippen molar-refractivity contribution in [1.82, 2.24) is 19.6 Å². The zero-order valence-electron chi connectivity index (χ0n) is 16.2. The highest BCUT2D eigenvalue weighted by Gasteiger charge is 2.30. The number of anilines is 1. The topological polar surface area (TPSA) is 53.4 Å². The minimum absolute atomic E-state index is 0.00378. The Labute approximate surface area is 171 Å². The van der Waals surface area contributed by atoms with Gasteiger partial charge in [0.2, 0.25) is 0 Å². The molecular weight excluding hydrogens is 407 g/mol. The first kappa shape index (κ1) is 21.6. The van der Waals surface area contributed by atoms with Gasteiger partial charge in [-0.2, -0.15) is 23.0 Å². The zero-order valence-corrected chi connectivity index (χ0v) is 17.0. The summed E-state index contributed by atoms with van der Waals surface area (Å²) in [6.45, 7) is 6.58. The monoisotopic (exact) mass is 429 g/mol. The summed E-state index contributed by atoms with van der Waals surface area (Å²) in [5.74, 6) is 0. The van der Waals surface area contributed by atoms with Gasteiger partial charge in [-0.15, -0.1) is 0 Å². The van der Waals surface area contributed by atoms with Crippen molar-refractivity contribution in [3.05, 3.63) is 51.4 Å². The molecule has 1 aliphatic heterocycles. The van der Waals surface area contributed by atoms with Crippen LogP contribution in [0.3, 0.4) is 0 Å². The fourth-order valence-corrected chi connectivity index (χ4v) is 3.40. The minimum atomic E-state index is -4.51. The summed E-state index contributed by atoms with van der Waals surface area (Å²) in [4.78, 5) is 17.2. The standard InChI is InChI=1S/C19H23ClF3N5O/c1-13(27-8-6-26(2)7-9-27)11-24-16-12-25-28(18(29)17(16)20)15-5-3-4-14(10-15)19(21,22)23/h3-5,10,12-13,24H,6-9,11H2,1-2H3. The summed E-state index contributed by atoms with van der Waals surface area (Å²) in [6.07, 6.45) is -3.15. The quantitative estimate of drug-likeness (QED) is 0.792. The Kier molecular flexibility index (Phi) is 6.50. The summed E-state index contributed by atoms with van der Waals surface area (Å²) in [7, 11) is 2.09. The highest BCUT2D eigenvalue weighted by molar-refractivity contribution is 6.32. The van der Waals surface area contributed by atoms with Gasteiger partial charge in [-0.1, -0.05) is 17.7 Å². The Morgan fingerprint density at radius 2 is 1.93 bits per heavy atom. The van der Waals surface area contributed by atoms with Crippen molar-refractivity contribution in [3.8, 4) is 5.69 Å². The molecule has 1 aliphatic rings. The molecule has 1 aromatic carbocycles. The van der Waals surface area contributed by atoms with Crippen LogP contribution in [0.4, 0.5) is 18.9 Å². The van der Waals surface area contributed by atoms with E-state index in [9.17, 15) is 18.0 Å². The lowest BCUT2D eigenvalue weighted by atomic mass is 10.2. The molecule has 3 rings (SSSR count). The molecule has 2 aromatic rings. The SMILES string of the molecule is CC(CNc1cnn(-c2cccc(C(F)(F)F)c2)c(=O)c1Cl)N1CCN(C)CC1. The van der Waals surface area contributed by atoms with E-state index in [1.54, 1.807) is 0 Å². The molecule has 1 fully saturated rings. The van der Waals surface area contributed by atoms with E-state index in [2.05, 4.69) is 34.2 Å². The van der Waals surface area contributed by atoms with E-state index >= 15 is 0 Å². The van der Waals surface area contributed by atoms with Crippen LogP contribution in [0, 0.1) is 0 Å². The van der Waals surface area contributed by atoms with Gasteiger partial charge >= 0.3 is 6.18 Å². The lowest BCUT2D eigenvalue weighted by Gasteiger charge is -2.36. The number of nitrogens with zero attached hydrogens (tertiary/aromatic N) is 4. The number of hydrogen-bond donors (Lipinski definition) is 1. The number of aromatic nitrogens is 2. The smallest absolute Gasteiger partial charge is 0.381 e. The van der Waals surface area contributed by atoms with Gasteiger partial charge in [0.1, 0.15) is 5.02 Å². The van der Waals surface area contributed by atoms with E-state index in [1.807, 2.05) is 0 Å². The number of rotatable bonds is 5. The van der Waals surface area contributed by atoms with Crippen molar-refractivity contribution in [3.63, 3.8) is 0 Å². The molecular formula is C19H23ClF3N5O. The molecule has 0 radical (unpaired) electrons. The molecule has 1 saturated heterocycles. The fraction of sp³-hybridized carbons (Fsp3) is 0.474. The van der Waals surface area contributed by atoms with Crippen molar-refractivity contribution >= 4 is 17.3 Å². The highest BCUT2D eigenvalue weighted by Crippen LogP contribution is 2.30. The molecule has 0 aliphatic carbocycles. The predicted octanol–water partition coefficient (Wildman–Crippen LogP) is 2.95. The van der Waals surface area contributed by atoms with E-state index < -0.39 is 17.3 Å². The number of hydrogen-bond acceptors (Lipinski definition) is 5. The predicted molar refractivity (Wildman–Crippen MR) is 107 cm³/mol. The van der Waals surface area contributed by atoms with E-state index in [1.165, 1.54) is 18.3 Å². The number of piperazine rings is 1. The third kappa shape index (κ3) is 5.09. The molecule has 1 aromatic heterocycles. The van der Waals surface area contributed by atoms with E-state index in [-0.39, 0.29) is 16.8 Å². The number of nitrogens with one attached hydrogen (secondary N) is 1. The molecule has 29 heavy (non-hydrogen) atoms. The van der Waals surface area contributed by atoms with Gasteiger partial charge < -0.3 is 10.2 Å². The Morgan fingerprint density at radius 3 is 2.59 bits per heavy atom. The third-order valence-electron chi connectivity index (χ3n) is 5.09. The molecule has 1 unspecified atom stereocenters. The molecule has 0 spiro atoms. The minimum Gasteiger partial charge on any atom is -0.381 e. The van der Waals surface area contributed by atoms with E-state index in [0.29, 0.717) is 12.2 Å². The van der Waals surface area contributed by atoms with Crippen LogP contribution in [-0.4, -0.2) is 65.4 Å². The molecule has 10 heteroatoms. The first-order valence-electron chi connectivity index (χ1n) is 9.28. The molecule has 0 amide bonds. The number of benzene rings is 1. The van der Waals surface area contributed by atoms with Crippen LogP contribution in [0.2, 0.25) is 5.02 Å². The molecule has 1 atom stereocenters. The molecule has 1 N–H and O–H groups in total. The highest BCUT2D eigenvalue weighted by atomic mass is 35.5. The fourth-order valence-electron chi connectivity index (χ4n) is 3.20. The first-order valence-corrected chi connectivity index (χ1v) is 9.66. The normalized spacial score (nSPS) is 17.3. The van der Waals surface area contributed by atoms with Crippen LogP contribution in [0.5, 0.6) is 0 Å². The maximum absolute atomic E-state index is 12.9. The summed E-state index contributed by atoms with van der Waals surface area (Å²) < 4.78 is 39.7. The molecule has 158 valence electrons. The van der Waals surface area contributed by atoms with Crippen molar-refractivity contribution in [2.45, 2.75) is 19.1 Å². The van der Waals surface area contributed by atoms with Crippen LogP contribution in [0.15, 0.2) is 35.3 Å². The average Bonchev–Trinajstić information content (AvgIpc) is 2.69. The Bertz CT molecular complexity index is 909.